The lowest BCUT2D eigenvalue weighted by atomic mass is 9.94. The largest absolute Gasteiger partial charge is 0.272 e. The highest BCUT2D eigenvalue weighted by Gasteiger charge is 2.37. The van der Waals surface area contributed by atoms with E-state index in [9.17, 15) is 4.79 Å². The van der Waals surface area contributed by atoms with Gasteiger partial charge in [-0.05, 0) is 43.5 Å². The SMILES string of the molecule is CC1=NN(C(C)c2ccc(C)c(Cl)c2)C(=O)C1c1ccccc1. The fraction of sp³-hybridized carbons (Fsp3) is 0.263. The third-order valence-corrected chi connectivity index (χ3v) is 4.74. The second kappa shape index (κ2) is 6.17. The van der Waals surface area contributed by atoms with Gasteiger partial charge in [0.25, 0.3) is 5.91 Å². The number of hydrogen-bond acceptors (Lipinski definition) is 2. The average Bonchev–Trinajstić information content (AvgIpc) is 2.85. The van der Waals surface area contributed by atoms with Crippen LogP contribution in [-0.2, 0) is 4.79 Å². The second-order valence-corrected chi connectivity index (χ2v) is 6.36. The lowest BCUT2D eigenvalue weighted by Gasteiger charge is -2.22. The maximum atomic E-state index is 12.9. The molecule has 2 unspecified atom stereocenters. The maximum Gasteiger partial charge on any atom is 0.256 e. The first kappa shape index (κ1) is 15.8. The summed E-state index contributed by atoms with van der Waals surface area (Å²) in [6, 6.07) is 15.5. The molecule has 0 fully saturated rings. The number of rotatable bonds is 3. The summed E-state index contributed by atoms with van der Waals surface area (Å²) in [5, 5.41) is 6.80. The Morgan fingerprint density at radius 3 is 2.48 bits per heavy atom. The molecule has 0 saturated heterocycles. The fourth-order valence-corrected chi connectivity index (χ4v) is 3.09. The van der Waals surface area contributed by atoms with Crippen molar-refractivity contribution in [2.45, 2.75) is 32.7 Å². The van der Waals surface area contributed by atoms with Crippen LogP contribution in [0.3, 0.4) is 0 Å². The van der Waals surface area contributed by atoms with Crippen LogP contribution in [0.25, 0.3) is 0 Å². The minimum atomic E-state index is -0.292. The Hall–Kier alpha value is -2.13. The lowest BCUT2D eigenvalue weighted by Crippen LogP contribution is -2.28. The van der Waals surface area contributed by atoms with Gasteiger partial charge in [0.05, 0.1) is 11.8 Å². The van der Waals surface area contributed by atoms with E-state index in [1.807, 2.05) is 69.3 Å². The van der Waals surface area contributed by atoms with Gasteiger partial charge in [0, 0.05) is 5.02 Å². The van der Waals surface area contributed by atoms with Gasteiger partial charge in [-0.25, -0.2) is 5.01 Å². The number of hydrazone groups is 1. The average molecular weight is 327 g/mol. The number of hydrogen-bond donors (Lipinski definition) is 0. The first-order valence-corrected chi connectivity index (χ1v) is 8.06. The molecule has 0 saturated carbocycles. The summed E-state index contributed by atoms with van der Waals surface area (Å²) in [6.07, 6.45) is 0. The Kier molecular flexibility index (Phi) is 4.22. The standard InChI is InChI=1S/C19H19ClN2O/c1-12-9-10-16(11-17(12)20)14(3)22-19(23)18(13(2)21-22)15-7-5-4-6-8-15/h4-11,14,18H,1-3H3. The molecule has 0 N–H and O–H groups in total. The number of benzene rings is 2. The Balaban J connectivity index is 1.90. The summed E-state index contributed by atoms with van der Waals surface area (Å²) >= 11 is 6.21. The van der Waals surface area contributed by atoms with Crippen LogP contribution >= 0.6 is 11.6 Å². The molecule has 118 valence electrons. The van der Waals surface area contributed by atoms with Crippen LogP contribution in [0.2, 0.25) is 5.02 Å². The molecule has 1 aliphatic heterocycles. The van der Waals surface area contributed by atoms with Crippen molar-refractivity contribution in [2.75, 3.05) is 0 Å². The van der Waals surface area contributed by atoms with E-state index in [1.54, 1.807) is 5.01 Å². The van der Waals surface area contributed by atoms with Crippen LogP contribution in [0.5, 0.6) is 0 Å². The zero-order valence-electron chi connectivity index (χ0n) is 13.5. The molecule has 3 rings (SSSR count). The van der Waals surface area contributed by atoms with Crippen molar-refractivity contribution in [1.29, 1.82) is 0 Å². The molecule has 2 aromatic carbocycles. The van der Waals surface area contributed by atoms with Crippen LogP contribution in [0.15, 0.2) is 53.6 Å². The summed E-state index contributed by atoms with van der Waals surface area (Å²) in [4.78, 5) is 12.9. The van der Waals surface area contributed by atoms with Gasteiger partial charge >= 0.3 is 0 Å². The van der Waals surface area contributed by atoms with Crippen LogP contribution in [0, 0.1) is 6.92 Å². The molecule has 1 heterocycles. The molecular formula is C19H19ClN2O. The van der Waals surface area contributed by atoms with Crippen LogP contribution in [0.1, 0.15) is 42.5 Å². The van der Waals surface area contributed by atoms with E-state index in [-0.39, 0.29) is 17.9 Å². The van der Waals surface area contributed by atoms with E-state index < -0.39 is 0 Å². The molecule has 1 amide bonds. The molecule has 0 bridgehead atoms. The van der Waals surface area contributed by atoms with Crippen molar-refractivity contribution in [3.8, 4) is 0 Å². The van der Waals surface area contributed by atoms with Crippen molar-refractivity contribution in [1.82, 2.24) is 5.01 Å². The summed E-state index contributed by atoms with van der Waals surface area (Å²) < 4.78 is 0. The summed E-state index contributed by atoms with van der Waals surface area (Å²) in [7, 11) is 0. The van der Waals surface area contributed by atoms with E-state index in [1.165, 1.54) is 0 Å². The summed E-state index contributed by atoms with van der Waals surface area (Å²) in [5.74, 6) is -0.280. The van der Waals surface area contributed by atoms with Gasteiger partial charge in [0.15, 0.2) is 0 Å². The molecule has 4 heteroatoms. The monoisotopic (exact) mass is 326 g/mol. The predicted octanol–water partition coefficient (Wildman–Crippen LogP) is 4.71. The zero-order valence-corrected chi connectivity index (χ0v) is 14.2. The Bertz CT molecular complexity index is 770. The molecule has 3 nitrogen and oxygen atoms in total. The minimum absolute atomic E-state index is 0.0119. The molecule has 23 heavy (non-hydrogen) atoms. The molecule has 0 aliphatic carbocycles. The summed E-state index contributed by atoms with van der Waals surface area (Å²) in [6.45, 7) is 5.85. The Morgan fingerprint density at radius 1 is 1.13 bits per heavy atom. The van der Waals surface area contributed by atoms with Crippen molar-refractivity contribution in [2.24, 2.45) is 5.10 Å². The molecular weight excluding hydrogens is 308 g/mol. The van der Waals surface area contributed by atoms with E-state index in [2.05, 4.69) is 5.10 Å². The highest BCUT2D eigenvalue weighted by molar-refractivity contribution is 6.31. The Labute approximate surface area is 141 Å². The van der Waals surface area contributed by atoms with Gasteiger partial charge in [-0.15, -0.1) is 0 Å². The highest BCUT2D eigenvalue weighted by atomic mass is 35.5. The highest BCUT2D eigenvalue weighted by Crippen LogP contribution is 2.33. The van der Waals surface area contributed by atoms with E-state index in [4.69, 9.17) is 11.6 Å². The van der Waals surface area contributed by atoms with Crippen LogP contribution in [0.4, 0.5) is 0 Å². The van der Waals surface area contributed by atoms with Gasteiger partial charge < -0.3 is 0 Å². The van der Waals surface area contributed by atoms with Gasteiger partial charge in [0.1, 0.15) is 5.92 Å². The zero-order chi connectivity index (χ0) is 16.6. The van der Waals surface area contributed by atoms with Gasteiger partial charge in [-0.2, -0.15) is 5.10 Å². The summed E-state index contributed by atoms with van der Waals surface area (Å²) in [5.41, 5.74) is 3.82. The lowest BCUT2D eigenvalue weighted by molar-refractivity contribution is -0.131. The smallest absolute Gasteiger partial charge is 0.256 e. The number of nitrogens with zero attached hydrogens (tertiary/aromatic N) is 2. The van der Waals surface area contributed by atoms with Crippen LogP contribution in [-0.4, -0.2) is 16.6 Å². The van der Waals surface area contributed by atoms with Crippen molar-refractivity contribution in [3.05, 3.63) is 70.2 Å². The number of carbonyl (C=O) groups excluding carboxylic acids is 1. The van der Waals surface area contributed by atoms with Crippen molar-refractivity contribution < 1.29 is 4.79 Å². The second-order valence-electron chi connectivity index (χ2n) is 5.95. The minimum Gasteiger partial charge on any atom is -0.272 e. The molecule has 0 spiro atoms. The fourth-order valence-electron chi connectivity index (χ4n) is 2.90. The normalized spacial score (nSPS) is 19.0. The van der Waals surface area contributed by atoms with Crippen molar-refractivity contribution >= 4 is 23.2 Å². The molecule has 0 radical (unpaired) electrons. The van der Waals surface area contributed by atoms with E-state index >= 15 is 0 Å². The van der Waals surface area contributed by atoms with Gasteiger partial charge in [0.2, 0.25) is 0 Å². The third kappa shape index (κ3) is 2.89. The van der Waals surface area contributed by atoms with Gasteiger partial charge in [-0.3, -0.25) is 4.79 Å². The number of carbonyl (C=O) groups is 1. The molecule has 1 aliphatic rings. The quantitative estimate of drug-likeness (QED) is 0.803. The van der Waals surface area contributed by atoms with E-state index in [0.29, 0.717) is 5.02 Å². The molecule has 2 aromatic rings. The maximum absolute atomic E-state index is 12.9. The first-order chi connectivity index (χ1) is 11.0. The Morgan fingerprint density at radius 2 is 1.83 bits per heavy atom. The first-order valence-electron chi connectivity index (χ1n) is 7.68. The number of halogens is 1. The number of amides is 1. The predicted molar refractivity (Wildman–Crippen MR) is 93.7 cm³/mol. The van der Waals surface area contributed by atoms with Crippen LogP contribution < -0.4 is 0 Å². The molecule has 0 aromatic heterocycles. The van der Waals surface area contributed by atoms with E-state index in [0.717, 1.165) is 22.4 Å². The van der Waals surface area contributed by atoms with Crippen molar-refractivity contribution in [3.63, 3.8) is 0 Å². The third-order valence-electron chi connectivity index (χ3n) is 4.33. The molecule has 2 atom stereocenters. The van der Waals surface area contributed by atoms with Gasteiger partial charge in [-0.1, -0.05) is 54.1 Å². The number of aryl methyl sites for hydroxylation is 1. The topological polar surface area (TPSA) is 32.7 Å².